The smallest absolute Gasteiger partial charge is 0.233 e. The summed E-state index contributed by atoms with van der Waals surface area (Å²) >= 11 is 12.6. The lowest BCUT2D eigenvalue weighted by Crippen LogP contribution is -2.32. The van der Waals surface area contributed by atoms with Gasteiger partial charge in [0.2, 0.25) is 5.91 Å². The van der Waals surface area contributed by atoms with E-state index in [9.17, 15) is 4.79 Å². The number of rotatable bonds is 10. The van der Waals surface area contributed by atoms with Gasteiger partial charge in [-0.3, -0.25) is 4.79 Å². The number of amides is 1. The number of benzene rings is 2. The average Bonchev–Trinajstić information content (AvgIpc) is 2.69. The Morgan fingerprint density at radius 2 is 1.86 bits per heavy atom. The lowest BCUT2D eigenvalue weighted by atomic mass is 10.1. The number of hydrogen-bond donors (Lipinski definition) is 3. The molecule has 0 aliphatic rings. The zero-order valence-electron chi connectivity index (χ0n) is 15.8. The average molecular weight is 422 g/mol. The highest BCUT2D eigenvalue weighted by molar-refractivity contribution is 6.39. The molecule has 0 saturated carbocycles. The SMILES string of the molecule is CCC=C(Cc1ccccc1Nc1c(Cl)cccc1Cl)OCCNC(=O)CN. The van der Waals surface area contributed by atoms with Crippen LogP contribution in [0.15, 0.2) is 54.3 Å². The van der Waals surface area contributed by atoms with Crippen LogP contribution in [0, 0.1) is 0 Å². The third kappa shape index (κ3) is 6.75. The van der Waals surface area contributed by atoms with E-state index in [0.29, 0.717) is 35.3 Å². The number of para-hydroxylation sites is 2. The normalized spacial score (nSPS) is 11.2. The molecule has 2 aromatic rings. The van der Waals surface area contributed by atoms with Crippen LogP contribution < -0.4 is 16.4 Å². The minimum atomic E-state index is -0.198. The van der Waals surface area contributed by atoms with Crippen LogP contribution in [-0.2, 0) is 16.0 Å². The number of anilines is 2. The molecule has 0 fully saturated rings. The molecule has 2 aromatic carbocycles. The van der Waals surface area contributed by atoms with Crippen molar-refractivity contribution in [3.8, 4) is 0 Å². The molecule has 28 heavy (non-hydrogen) atoms. The molecule has 4 N–H and O–H groups in total. The van der Waals surface area contributed by atoms with Crippen LogP contribution in [0.4, 0.5) is 11.4 Å². The summed E-state index contributed by atoms with van der Waals surface area (Å²) in [7, 11) is 0. The fraction of sp³-hybridized carbons (Fsp3) is 0.286. The fourth-order valence-electron chi connectivity index (χ4n) is 2.59. The highest BCUT2D eigenvalue weighted by Crippen LogP contribution is 2.34. The highest BCUT2D eigenvalue weighted by atomic mass is 35.5. The number of hydrogen-bond acceptors (Lipinski definition) is 4. The van der Waals surface area contributed by atoms with Crippen molar-refractivity contribution in [3.63, 3.8) is 0 Å². The zero-order valence-corrected chi connectivity index (χ0v) is 17.3. The zero-order chi connectivity index (χ0) is 20.4. The van der Waals surface area contributed by atoms with E-state index in [-0.39, 0.29) is 12.5 Å². The van der Waals surface area contributed by atoms with Crippen molar-refractivity contribution in [2.24, 2.45) is 5.73 Å². The van der Waals surface area contributed by atoms with E-state index in [4.69, 9.17) is 33.7 Å². The van der Waals surface area contributed by atoms with E-state index in [1.165, 1.54) is 0 Å². The van der Waals surface area contributed by atoms with E-state index in [1.807, 2.05) is 37.3 Å². The summed E-state index contributed by atoms with van der Waals surface area (Å²) < 4.78 is 5.86. The maximum Gasteiger partial charge on any atom is 0.233 e. The summed E-state index contributed by atoms with van der Waals surface area (Å²) in [4.78, 5) is 11.2. The van der Waals surface area contributed by atoms with Crippen LogP contribution in [0.25, 0.3) is 0 Å². The Morgan fingerprint density at radius 1 is 1.14 bits per heavy atom. The molecular weight excluding hydrogens is 397 g/mol. The van der Waals surface area contributed by atoms with Gasteiger partial charge in [0, 0.05) is 12.1 Å². The lowest BCUT2D eigenvalue weighted by molar-refractivity contribution is -0.119. The molecule has 0 unspecified atom stereocenters. The molecule has 0 aromatic heterocycles. The van der Waals surface area contributed by atoms with Crippen LogP contribution in [0.1, 0.15) is 18.9 Å². The van der Waals surface area contributed by atoms with Crippen molar-refractivity contribution in [3.05, 3.63) is 69.9 Å². The third-order valence-electron chi connectivity index (χ3n) is 3.93. The number of carbonyl (C=O) groups is 1. The summed E-state index contributed by atoms with van der Waals surface area (Å²) in [6, 6.07) is 13.3. The second kappa shape index (κ2) is 11.6. The van der Waals surface area contributed by atoms with Crippen molar-refractivity contribution < 1.29 is 9.53 Å². The first kappa shape index (κ1) is 22.1. The Bertz CT molecular complexity index is 805. The van der Waals surface area contributed by atoms with Crippen molar-refractivity contribution in [2.75, 3.05) is 25.0 Å². The molecule has 0 spiro atoms. The monoisotopic (exact) mass is 421 g/mol. The minimum absolute atomic E-state index is 0.0265. The van der Waals surface area contributed by atoms with Gasteiger partial charge in [-0.2, -0.15) is 0 Å². The predicted molar refractivity (Wildman–Crippen MR) is 116 cm³/mol. The standard InChI is InChI=1S/C21H25Cl2N3O2/c1-2-6-16(28-12-11-25-20(27)14-24)13-15-7-3-4-10-19(15)26-21-17(22)8-5-9-18(21)23/h3-10,26H,2,11-14,24H2,1H3,(H,25,27). The fourth-order valence-corrected chi connectivity index (χ4v) is 3.08. The first-order valence-corrected chi connectivity index (χ1v) is 9.88. The second-order valence-corrected chi connectivity index (χ2v) is 6.85. The molecule has 0 saturated heterocycles. The molecule has 0 atom stereocenters. The molecule has 2 rings (SSSR count). The quantitative estimate of drug-likeness (QED) is 0.384. The molecule has 0 bridgehead atoms. The summed E-state index contributed by atoms with van der Waals surface area (Å²) in [6.45, 7) is 2.81. The van der Waals surface area contributed by atoms with E-state index in [2.05, 4.69) is 10.6 Å². The number of nitrogens with one attached hydrogen (secondary N) is 2. The number of halogens is 2. The third-order valence-corrected chi connectivity index (χ3v) is 4.56. The van der Waals surface area contributed by atoms with E-state index in [0.717, 1.165) is 23.4 Å². The Hall–Kier alpha value is -2.21. The van der Waals surface area contributed by atoms with Crippen LogP contribution >= 0.6 is 23.2 Å². The van der Waals surface area contributed by atoms with Gasteiger partial charge < -0.3 is 21.1 Å². The summed E-state index contributed by atoms with van der Waals surface area (Å²) in [5.41, 5.74) is 7.89. The van der Waals surface area contributed by atoms with Crippen molar-refractivity contribution in [2.45, 2.75) is 19.8 Å². The molecule has 0 heterocycles. The van der Waals surface area contributed by atoms with Gasteiger partial charge in [0.1, 0.15) is 6.61 Å². The van der Waals surface area contributed by atoms with E-state index >= 15 is 0 Å². The summed E-state index contributed by atoms with van der Waals surface area (Å²) in [6.07, 6.45) is 3.48. The van der Waals surface area contributed by atoms with Crippen LogP contribution in [-0.4, -0.2) is 25.6 Å². The number of ether oxygens (including phenoxy) is 1. The van der Waals surface area contributed by atoms with E-state index in [1.54, 1.807) is 18.2 Å². The number of nitrogens with two attached hydrogens (primary N) is 1. The number of carbonyl (C=O) groups excluding carboxylic acids is 1. The molecule has 0 radical (unpaired) electrons. The maximum absolute atomic E-state index is 11.2. The topological polar surface area (TPSA) is 76.4 Å². The molecule has 5 nitrogen and oxygen atoms in total. The Kier molecular flexibility index (Phi) is 9.14. The Balaban J connectivity index is 2.09. The molecule has 0 aliphatic heterocycles. The minimum Gasteiger partial charge on any atom is -0.496 e. The van der Waals surface area contributed by atoms with Gasteiger partial charge in [-0.05, 0) is 36.3 Å². The van der Waals surface area contributed by atoms with Crippen molar-refractivity contribution in [1.29, 1.82) is 0 Å². The van der Waals surface area contributed by atoms with Crippen LogP contribution in [0.3, 0.4) is 0 Å². The van der Waals surface area contributed by atoms with Gasteiger partial charge in [0.25, 0.3) is 0 Å². The van der Waals surface area contributed by atoms with Gasteiger partial charge in [-0.1, -0.05) is 54.4 Å². The lowest BCUT2D eigenvalue weighted by Gasteiger charge is -2.16. The van der Waals surface area contributed by atoms with Crippen LogP contribution in [0.5, 0.6) is 0 Å². The van der Waals surface area contributed by atoms with Crippen molar-refractivity contribution in [1.82, 2.24) is 5.32 Å². The molecule has 150 valence electrons. The van der Waals surface area contributed by atoms with Gasteiger partial charge >= 0.3 is 0 Å². The van der Waals surface area contributed by atoms with E-state index < -0.39 is 0 Å². The molecular formula is C21H25Cl2N3O2. The molecule has 0 aliphatic carbocycles. The first-order chi connectivity index (χ1) is 13.5. The molecule has 1 amide bonds. The largest absolute Gasteiger partial charge is 0.496 e. The Labute approximate surface area is 175 Å². The van der Waals surface area contributed by atoms with Gasteiger partial charge in [0.05, 0.1) is 34.6 Å². The summed E-state index contributed by atoms with van der Waals surface area (Å²) in [5.74, 6) is 0.639. The highest BCUT2D eigenvalue weighted by Gasteiger charge is 2.10. The van der Waals surface area contributed by atoms with Crippen molar-refractivity contribution >= 4 is 40.5 Å². The van der Waals surface area contributed by atoms with Gasteiger partial charge in [-0.15, -0.1) is 0 Å². The second-order valence-electron chi connectivity index (χ2n) is 6.04. The maximum atomic E-state index is 11.2. The predicted octanol–water partition coefficient (Wildman–Crippen LogP) is 4.66. The van der Waals surface area contributed by atoms with Crippen LogP contribution in [0.2, 0.25) is 10.0 Å². The van der Waals surface area contributed by atoms with Gasteiger partial charge in [-0.25, -0.2) is 0 Å². The Morgan fingerprint density at radius 3 is 2.54 bits per heavy atom. The number of allylic oxidation sites excluding steroid dienone is 2. The van der Waals surface area contributed by atoms with Gasteiger partial charge in [0.15, 0.2) is 0 Å². The molecule has 7 heteroatoms. The summed E-state index contributed by atoms with van der Waals surface area (Å²) in [5, 5.41) is 7.13. The first-order valence-electron chi connectivity index (χ1n) is 9.12.